The Balaban J connectivity index is 2.29. The van der Waals surface area contributed by atoms with Gasteiger partial charge in [0.25, 0.3) is 0 Å². The highest BCUT2D eigenvalue weighted by Gasteiger charge is 2.27. The smallest absolute Gasteiger partial charge is 0.111 e. The minimum Gasteiger partial charge on any atom is -0.383 e. The highest BCUT2D eigenvalue weighted by Crippen LogP contribution is 2.27. The summed E-state index contributed by atoms with van der Waals surface area (Å²) in [5.41, 5.74) is -0.0300. The summed E-state index contributed by atoms with van der Waals surface area (Å²) >= 11 is 0. The first-order chi connectivity index (χ1) is 8.24. The van der Waals surface area contributed by atoms with E-state index in [2.05, 4.69) is 11.6 Å². The molecule has 0 saturated heterocycles. The maximum atomic E-state index is 10.7. The van der Waals surface area contributed by atoms with Gasteiger partial charge in [0.15, 0.2) is 0 Å². The number of benzene rings is 1. The van der Waals surface area contributed by atoms with Crippen LogP contribution in [-0.2, 0) is 12.1 Å². The zero-order valence-corrected chi connectivity index (χ0v) is 9.66. The van der Waals surface area contributed by atoms with Gasteiger partial charge in [-0.15, -0.1) is 6.58 Å². The van der Waals surface area contributed by atoms with Crippen molar-refractivity contribution in [1.29, 1.82) is 0 Å². The molecular formula is C14H16N2O. The molecule has 3 heteroatoms. The normalized spacial score (nSPS) is 14.2. The molecule has 1 atom stereocenters. The zero-order chi connectivity index (χ0) is 12.1. The van der Waals surface area contributed by atoms with Crippen LogP contribution in [-0.4, -0.2) is 14.7 Å². The van der Waals surface area contributed by atoms with Crippen LogP contribution in [0.1, 0.15) is 12.0 Å². The maximum absolute atomic E-state index is 10.7. The van der Waals surface area contributed by atoms with Crippen molar-refractivity contribution < 1.29 is 5.11 Å². The summed E-state index contributed by atoms with van der Waals surface area (Å²) in [6.45, 7) is 4.19. The van der Waals surface area contributed by atoms with Crippen LogP contribution in [0.25, 0.3) is 0 Å². The first-order valence-electron chi connectivity index (χ1n) is 5.59. The molecule has 1 aromatic carbocycles. The van der Waals surface area contributed by atoms with Crippen LogP contribution in [0.5, 0.6) is 0 Å². The van der Waals surface area contributed by atoms with Crippen molar-refractivity contribution in [3.8, 4) is 0 Å². The number of hydrogen-bond donors (Lipinski definition) is 1. The molecule has 88 valence electrons. The van der Waals surface area contributed by atoms with Gasteiger partial charge >= 0.3 is 0 Å². The Hall–Kier alpha value is -1.87. The van der Waals surface area contributed by atoms with Gasteiger partial charge in [-0.3, -0.25) is 0 Å². The third kappa shape index (κ3) is 2.63. The number of aromatic nitrogens is 2. The van der Waals surface area contributed by atoms with E-state index in [0.29, 0.717) is 13.0 Å². The third-order valence-electron chi connectivity index (χ3n) is 2.80. The Kier molecular flexibility index (Phi) is 3.40. The van der Waals surface area contributed by atoms with Crippen LogP contribution >= 0.6 is 0 Å². The summed E-state index contributed by atoms with van der Waals surface area (Å²) in [6, 6.07) is 9.66. The zero-order valence-electron chi connectivity index (χ0n) is 9.66. The van der Waals surface area contributed by atoms with Gasteiger partial charge < -0.3 is 9.67 Å². The van der Waals surface area contributed by atoms with Crippen molar-refractivity contribution in [2.45, 2.75) is 18.6 Å². The highest BCUT2D eigenvalue weighted by molar-refractivity contribution is 5.23. The van der Waals surface area contributed by atoms with Crippen molar-refractivity contribution >= 4 is 0 Å². The fraction of sp³-hybridized carbons (Fsp3) is 0.214. The molecule has 3 nitrogen and oxygen atoms in total. The first kappa shape index (κ1) is 11.6. The van der Waals surface area contributed by atoms with E-state index in [1.807, 2.05) is 41.1 Å². The molecular weight excluding hydrogens is 212 g/mol. The quantitative estimate of drug-likeness (QED) is 0.798. The van der Waals surface area contributed by atoms with Crippen molar-refractivity contribution in [2.75, 3.05) is 0 Å². The van der Waals surface area contributed by atoms with E-state index in [1.165, 1.54) is 0 Å². The number of rotatable bonds is 5. The Morgan fingerprint density at radius 3 is 2.71 bits per heavy atom. The van der Waals surface area contributed by atoms with Crippen LogP contribution in [0.2, 0.25) is 0 Å². The second-order valence-corrected chi connectivity index (χ2v) is 4.13. The summed E-state index contributed by atoms with van der Waals surface area (Å²) in [4.78, 5) is 3.99. The van der Waals surface area contributed by atoms with Crippen molar-refractivity contribution in [3.63, 3.8) is 0 Å². The van der Waals surface area contributed by atoms with Crippen LogP contribution < -0.4 is 0 Å². The van der Waals surface area contributed by atoms with Gasteiger partial charge in [0.05, 0.1) is 12.9 Å². The van der Waals surface area contributed by atoms with Gasteiger partial charge in [0.2, 0.25) is 0 Å². The summed E-state index contributed by atoms with van der Waals surface area (Å²) in [5, 5.41) is 10.7. The molecule has 2 rings (SSSR count). The number of imidazole rings is 1. The molecule has 1 N–H and O–H groups in total. The van der Waals surface area contributed by atoms with Gasteiger partial charge in [0, 0.05) is 12.4 Å². The molecule has 2 aromatic rings. The molecule has 0 radical (unpaired) electrons. The standard InChI is InChI=1S/C14H16N2O/c1-2-8-14(17,11-16-10-9-15-12-16)13-6-4-3-5-7-13/h2-7,9-10,12,17H,1,8,11H2. The van der Waals surface area contributed by atoms with Crippen molar-refractivity contribution in [3.05, 3.63) is 67.3 Å². The maximum Gasteiger partial charge on any atom is 0.111 e. The van der Waals surface area contributed by atoms with Crippen LogP contribution in [0.15, 0.2) is 61.7 Å². The fourth-order valence-electron chi connectivity index (χ4n) is 1.94. The molecule has 0 amide bonds. The minimum atomic E-state index is -0.927. The van der Waals surface area contributed by atoms with Gasteiger partial charge in [-0.25, -0.2) is 4.98 Å². The van der Waals surface area contributed by atoms with E-state index in [4.69, 9.17) is 0 Å². The van der Waals surface area contributed by atoms with Crippen LogP contribution in [0.4, 0.5) is 0 Å². The SMILES string of the molecule is C=CCC(O)(Cn1ccnc1)c1ccccc1. The monoisotopic (exact) mass is 228 g/mol. The third-order valence-corrected chi connectivity index (χ3v) is 2.80. The molecule has 0 aliphatic heterocycles. The van der Waals surface area contributed by atoms with Crippen LogP contribution in [0, 0.1) is 0 Å². The van der Waals surface area contributed by atoms with E-state index in [-0.39, 0.29) is 0 Å². The molecule has 1 aromatic heterocycles. The van der Waals surface area contributed by atoms with E-state index in [9.17, 15) is 5.11 Å². The molecule has 0 fully saturated rings. The van der Waals surface area contributed by atoms with Gasteiger partial charge in [-0.05, 0) is 12.0 Å². The number of aliphatic hydroxyl groups is 1. The van der Waals surface area contributed by atoms with Gasteiger partial charge in [-0.1, -0.05) is 36.4 Å². The molecule has 0 aliphatic rings. The molecule has 0 bridgehead atoms. The Morgan fingerprint density at radius 1 is 1.35 bits per heavy atom. The lowest BCUT2D eigenvalue weighted by molar-refractivity contribution is 0.0213. The lowest BCUT2D eigenvalue weighted by Gasteiger charge is -2.28. The second kappa shape index (κ2) is 4.97. The van der Waals surface area contributed by atoms with Crippen molar-refractivity contribution in [1.82, 2.24) is 9.55 Å². The molecule has 1 heterocycles. The van der Waals surface area contributed by atoms with E-state index in [0.717, 1.165) is 5.56 Å². The fourth-order valence-corrected chi connectivity index (χ4v) is 1.94. The Bertz CT molecular complexity index is 464. The summed E-state index contributed by atoms with van der Waals surface area (Å²) in [5.74, 6) is 0. The van der Waals surface area contributed by atoms with Gasteiger partial charge in [0.1, 0.15) is 5.60 Å². The molecule has 0 aliphatic carbocycles. The minimum absolute atomic E-state index is 0.475. The van der Waals surface area contributed by atoms with Crippen LogP contribution in [0.3, 0.4) is 0 Å². The lowest BCUT2D eigenvalue weighted by Crippen LogP contribution is -2.30. The molecule has 0 spiro atoms. The predicted molar refractivity (Wildman–Crippen MR) is 67.4 cm³/mol. The summed E-state index contributed by atoms with van der Waals surface area (Å²) in [7, 11) is 0. The largest absolute Gasteiger partial charge is 0.383 e. The van der Waals surface area contributed by atoms with E-state index in [1.54, 1.807) is 18.6 Å². The number of hydrogen-bond acceptors (Lipinski definition) is 2. The summed E-state index contributed by atoms with van der Waals surface area (Å²) < 4.78 is 1.87. The Morgan fingerprint density at radius 2 is 2.12 bits per heavy atom. The van der Waals surface area contributed by atoms with E-state index >= 15 is 0 Å². The topological polar surface area (TPSA) is 38.0 Å². The average molecular weight is 228 g/mol. The Labute approximate surface area is 101 Å². The van der Waals surface area contributed by atoms with E-state index < -0.39 is 5.60 Å². The van der Waals surface area contributed by atoms with Crippen molar-refractivity contribution in [2.24, 2.45) is 0 Å². The highest BCUT2D eigenvalue weighted by atomic mass is 16.3. The summed E-state index contributed by atoms with van der Waals surface area (Å²) in [6.07, 6.45) is 7.51. The van der Waals surface area contributed by atoms with Gasteiger partial charge in [-0.2, -0.15) is 0 Å². The predicted octanol–water partition coefficient (Wildman–Crippen LogP) is 2.35. The molecule has 1 unspecified atom stereocenters. The first-order valence-corrected chi connectivity index (χ1v) is 5.59. The molecule has 17 heavy (non-hydrogen) atoms. The molecule has 0 saturated carbocycles. The lowest BCUT2D eigenvalue weighted by atomic mass is 9.90. The second-order valence-electron chi connectivity index (χ2n) is 4.13. The average Bonchev–Trinajstić information content (AvgIpc) is 2.83. The number of nitrogens with zero attached hydrogens (tertiary/aromatic N) is 2.